The van der Waals surface area contributed by atoms with E-state index in [1.165, 1.54) is 12.0 Å². The molecule has 1 unspecified atom stereocenters. The molecule has 0 radical (unpaired) electrons. The first-order valence-electron chi connectivity index (χ1n) is 8.75. The van der Waals surface area contributed by atoms with E-state index in [4.69, 9.17) is 4.74 Å². The van der Waals surface area contributed by atoms with Crippen molar-refractivity contribution in [2.75, 3.05) is 19.7 Å². The molecule has 3 rings (SSSR count). The summed E-state index contributed by atoms with van der Waals surface area (Å²) in [4.78, 5) is 14.6. The first kappa shape index (κ1) is 16.6. The van der Waals surface area contributed by atoms with Gasteiger partial charge in [-0.1, -0.05) is 55.0 Å². The molecular formula is C21H25NO2. The summed E-state index contributed by atoms with van der Waals surface area (Å²) in [5.41, 5.74) is 2.39. The minimum atomic E-state index is 0.0843. The Bertz CT molecular complexity index is 669. The van der Waals surface area contributed by atoms with Crippen LogP contribution in [-0.4, -0.2) is 30.5 Å². The molecule has 126 valence electrons. The van der Waals surface area contributed by atoms with Crippen LogP contribution in [0, 0.1) is 6.92 Å². The van der Waals surface area contributed by atoms with Gasteiger partial charge in [-0.25, -0.2) is 0 Å². The zero-order valence-electron chi connectivity index (χ0n) is 14.3. The minimum Gasteiger partial charge on any atom is -0.484 e. The van der Waals surface area contributed by atoms with E-state index in [-0.39, 0.29) is 12.5 Å². The number of hydrogen-bond donors (Lipinski definition) is 0. The Morgan fingerprint density at radius 3 is 2.62 bits per heavy atom. The highest BCUT2D eigenvalue weighted by Gasteiger charge is 2.23. The number of rotatable bonds is 4. The molecule has 3 nitrogen and oxygen atoms in total. The van der Waals surface area contributed by atoms with E-state index in [2.05, 4.69) is 24.3 Å². The third-order valence-electron chi connectivity index (χ3n) is 4.74. The number of carbonyl (C=O) groups is 1. The van der Waals surface area contributed by atoms with E-state index >= 15 is 0 Å². The van der Waals surface area contributed by atoms with Crippen molar-refractivity contribution in [3.05, 3.63) is 65.7 Å². The summed E-state index contributed by atoms with van der Waals surface area (Å²) in [6.07, 6.45) is 3.38. The highest BCUT2D eigenvalue weighted by molar-refractivity contribution is 5.78. The zero-order valence-corrected chi connectivity index (χ0v) is 14.3. The van der Waals surface area contributed by atoms with E-state index in [0.717, 1.165) is 37.2 Å². The van der Waals surface area contributed by atoms with Crippen molar-refractivity contribution in [2.24, 2.45) is 0 Å². The lowest BCUT2D eigenvalue weighted by molar-refractivity contribution is -0.133. The van der Waals surface area contributed by atoms with Crippen molar-refractivity contribution < 1.29 is 9.53 Å². The number of hydrogen-bond acceptors (Lipinski definition) is 2. The van der Waals surface area contributed by atoms with Crippen molar-refractivity contribution >= 4 is 5.91 Å². The summed E-state index contributed by atoms with van der Waals surface area (Å²) in [5, 5.41) is 0. The summed E-state index contributed by atoms with van der Waals surface area (Å²) < 4.78 is 5.74. The summed E-state index contributed by atoms with van der Waals surface area (Å²) in [5.74, 6) is 1.30. The molecule has 0 aliphatic carbocycles. The fourth-order valence-corrected chi connectivity index (χ4v) is 3.31. The van der Waals surface area contributed by atoms with Gasteiger partial charge in [-0.15, -0.1) is 0 Å². The first-order valence-corrected chi connectivity index (χ1v) is 8.75. The Morgan fingerprint density at radius 2 is 1.83 bits per heavy atom. The Balaban J connectivity index is 1.62. The number of carbonyl (C=O) groups excluding carboxylic acids is 1. The van der Waals surface area contributed by atoms with Gasteiger partial charge in [0.25, 0.3) is 5.91 Å². The SMILES string of the molecule is Cc1ccccc1OCC(=O)N1CCCCC(c2ccccc2)C1. The van der Waals surface area contributed by atoms with Gasteiger partial charge < -0.3 is 9.64 Å². The maximum Gasteiger partial charge on any atom is 0.260 e. The lowest BCUT2D eigenvalue weighted by Gasteiger charge is -2.25. The van der Waals surface area contributed by atoms with Crippen LogP contribution in [0.2, 0.25) is 0 Å². The van der Waals surface area contributed by atoms with Gasteiger partial charge in [0, 0.05) is 19.0 Å². The highest BCUT2D eigenvalue weighted by atomic mass is 16.5. The maximum absolute atomic E-state index is 12.6. The molecule has 1 aliphatic rings. The normalized spacial score (nSPS) is 18.0. The second kappa shape index (κ2) is 8.00. The van der Waals surface area contributed by atoms with Gasteiger partial charge in [-0.05, 0) is 37.0 Å². The molecule has 24 heavy (non-hydrogen) atoms. The van der Waals surface area contributed by atoms with Crippen LogP contribution in [0.4, 0.5) is 0 Å². The molecule has 1 amide bonds. The Labute approximate surface area is 144 Å². The molecule has 1 heterocycles. The third kappa shape index (κ3) is 4.16. The predicted molar refractivity (Wildman–Crippen MR) is 96.3 cm³/mol. The largest absolute Gasteiger partial charge is 0.484 e. The van der Waals surface area contributed by atoms with Crippen molar-refractivity contribution in [1.82, 2.24) is 4.90 Å². The smallest absolute Gasteiger partial charge is 0.260 e. The number of amides is 1. The summed E-state index contributed by atoms with van der Waals surface area (Å²) in [6, 6.07) is 18.4. The zero-order chi connectivity index (χ0) is 16.8. The molecule has 1 aliphatic heterocycles. The van der Waals surface area contributed by atoms with Crippen LogP contribution < -0.4 is 4.74 Å². The van der Waals surface area contributed by atoms with E-state index in [1.54, 1.807) is 0 Å². The van der Waals surface area contributed by atoms with Crippen LogP contribution in [0.1, 0.15) is 36.3 Å². The van der Waals surface area contributed by atoms with E-state index < -0.39 is 0 Å². The van der Waals surface area contributed by atoms with Gasteiger partial charge >= 0.3 is 0 Å². The Hall–Kier alpha value is -2.29. The number of ether oxygens (including phenoxy) is 1. The van der Waals surface area contributed by atoms with Crippen LogP contribution in [0.5, 0.6) is 5.75 Å². The molecule has 2 aromatic carbocycles. The molecule has 0 aromatic heterocycles. The monoisotopic (exact) mass is 323 g/mol. The fourth-order valence-electron chi connectivity index (χ4n) is 3.31. The van der Waals surface area contributed by atoms with Crippen molar-refractivity contribution in [3.63, 3.8) is 0 Å². The van der Waals surface area contributed by atoms with Gasteiger partial charge in [0.1, 0.15) is 5.75 Å². The van der Waals surface area contributed by atoms with Gasteiger partial charge in [0.05, 0.1) is 0 Å². The summed E-state index contributed by atoms with van der Waals surface area (Å²) in [6.45, 7) is 3.74. The molecule has 0 N–H and O–H groups in total. The summed E-state index contributed by atoms with van der Waals surface area (Å²) >= 11 is 0. The third-order valence-corrected chi connectivity index (χ3v) is 4.74. The van der Waals surface area contributed by atoms with Gasteiger partial charge in [-0.2, -0.15) is 0 Å². The number of aryl methyl sites for hydroxylation is 1. The van der Waals surface area contributed by atoms with Crippen molar-refractivity contribution in [1.29, 1.82) is 0 Å². The number of likely N-dealkylation sites (tertiary alicyclic amines) is 1. The van der Waals surface area contributed by atoms with Gasteiger partial charge in [0.15, 0.2) is 6.61 Å². The number of nitrogens with zero attached hydrogens (tertiary/aromatic N) is 1. The molecule has 2 aromatic rings. The fraction of sp³-hybridized carbons (Fsp3) is 0.381. The van der Waals surface area contributed by atoms with Crippen LogP contribution >= 0.6 is 0 Å². The van der Waals surface area contributed by atoms with Crippen molar-refractivity contribution in [2.45, 2.75) is 32.1 Å². The molecule has 0 spiro atoms. The quantitative estimate of drug-likeness (QED) is 0.845. The van der Waals surface area contributed by atoms with Crippen LogP contribution in [0.15, 0.2) is 54.6 Å². The van der Waals surface area contributed by atoms with Gasteiger partial charge in [-0.3, -0.25) is 4.79 Å². The number of benzene rings is 2. The Morgan fingerprint density at radius 1 is 1.08 bits per heavy atom. The Kier molecular flexibility index (Phi) is 5.52. The maximum atomic E-state index is 12.6. The second-order valence-electron chi connectivity index (χ2n) is 6.50. The van der Waals surface area contributed by atoms with E-state index in [0.29, 0.717) is 5.92 Å². The lowest BCUT2D eigenvalue weighted by atomic mass is 9.94. The minimum absolute atomic E-state index is 0.0843. The molecule has 0 bridgehead atoms. The number of para-hydroxylation sites is 1. The van der Waals surface area contributed by atoms with Crippen LogP contribution in [0.25, 0.3) is 0 Å². The topological polar surface area (TPSA) is 29.5 Å². The molecule has 3 heteroatoms. The molecule has 1 fully saturated rings. The van der Waals surface area contributed by atoms with Crippen LogP contribution in [-0.2, 0) is 4.79 Å². The average molecular weight is 323 g/mol. The van der Waals surface area contributed by atoms with E-state index in [9.17, 15) is 4.79 Å². The molecular weight excluding hydrogens is 298 g/mol. The second-order valence-corrected chi connectivity index (χ2v) is 6.50. The molecule has 1 saturated heterocycles. The van der Waals surface area contributed by atoms with Crippen LogP contribution in [0.3, 0.4) is 0 Å². The summed E-state index contributed by atoms with van der Waals surface area (Å²) in [7, 11) is 0. The standard InChI is InChI=1S/C21H25NO2/c1-17-9-5-6-13-20(17)24-16-21(23)22-14-8-7-12-19(15-22)18-10-3-2-4-11-18/h2-6,9-11,13,19H,7-8,12,14-16H2,1H3. The predicted octanol–water partition coefficient (Wildman–Crippen LogP) is 4.17. The van der Waals surface area contributed by atoms with E-state index in [1.807, 2.05) is 42.2 Å². The van der Waals surface area contributed by atoms with Crippen molar-refractivity contribution in [3.8, 4) is 5.75 Å². The molecule has 1 atom stereocenters. The van der Waals surface area contributed by atoms with Gasteiger partial charge in [0.2, 0.25) is 0 Å². The molecule has 0 saturated carbocycles. The average Bonchev–Trinajstić information content (AvgIpc) is 2.88. The lowest BCUT2D eigenvalue weighted by Crippen LogP contribution is -2.37. The first-order chi connectivity index (χ1) is 11.7. The highest BCUT2D eigenvalue weighted by Crippen LogP contribution is 2.26.